The zero-order chi connectivity index (χ0) is 14.5. The van der Waals surface area contributed by atoms with Crippen LogP contribution < -0.4 is 4.74 Å². The summed E-state index contributed by atoms with van der Waals surface area (Å²) in [7, 11) is 1.60. The fourth-order valence-electron chi connectivity index (χ4n) is 1.95. The number of ether oxygens (including phenoxy) is 1. The number of Topliss-reactive ketones (excluding diaryl/α,β-unsaturated/α-hetero) is 1. The SMILES string of the molecule is COc1ccc(C(=O)Cc2ncnn2CC(C)C)cc1. The normalized spacial score (nSPS) is 10.8. The lowest BCUT2D eigenvalue weighted by Gasteiger charge is -2.08. The summed E-state index contributed by atoms with van der Waals surface area (Å²) in [6.07, 6.45) is 1.76. The number of aromatic nitrogens is 3. The van der Waals surface area contributed by atoms with Gasteiger partial charge < -0.3 is 4.74 Å². The number of nitrogens with zero attached hydrogens (tertiary/aromatic N) is 3. The van der Waals surface area contributed by atoms with Crippen LogP contribution in [0.5, 0.6) is 5.75 Å². The number of benzene rings is 1. The van der Waals surface area contributed by atoms with E-state index in [9.17, 15) is 4.79 Å². The van der Waals surface area contributed by atoms with Crippen LogP contribution in [-0.4, -0.2) is 27.7 Å². The molecule has 0 bridgehead atoms. The summed E-state index contributed by atoms with van der Waals surface area (Å²) in [6.45, 7) is 4.98. The maximum atomic E-state index is 12.2. The molecule has 0 spiro atoms. The molecule has 5 heteroatoms. The third-order valence-corrected chi connectivity index (χ3v) is 2.96. The highest BCUT2D eigenvalue weighted by molar-refractivity contribution is 5.97. The van der Waals surface area contributed by atoms with E-state index in [4.69, 9.17) is 4.74 Å². The number of methoxy groups -OCH3 is 1. The van der Waals surface area contributed by atoms with Crippen molar-refractivity contribution in [2.45, 2.75) is 26.8 Å². The van der Waals surface area contributed by atoms with Gasteiger partial charge in [0.05, 0.1) is 13.5 Å². The standard InChI is InChI=1S/C15H19N3O2/c1-11(2)9-18-15(16-10-17-18)8-14(19)12-4-6-13(20-3)7-5-12/h4-7,10-11H,8-9H2,1-3H3. The Morgan fingerprint density at radius 1 is 1.30 bits per heavy atom. The van der Waals surface area contributed by atoms with Gasteiger partial charge in [0.1, 0.15) is 17.9 Å². The predicted octanol–water partition coefficient (Wildman–Crippen LogP) is 2.37. The van der Waals surface area contributed by atoms with Crippen LogP contribution in [0.15, 0.2) is 30.6 Å². The van der Waals surface area contributed by atoms with Gasteiger partial charge in [-0.3, -0.25) is 4.79 Å². The number of ketones is 1. The number of hydrogen-bond donors (Lipinski definition) is 0. The Kier molecular flexibility index (Phi) is 4.50. The van der Waals surface area contributed by atoms with Crippen molar-refractivity contribution in [1.82, 2.24) is 14.8 Å². The average Bonchev–Trinajstić information content (AvgIpc) is 2.85. The monoisotopic (exact) mass is 273 g/mol. The molecule has 0 N–H and O–H groups in total. The zero-order valence-corrected chi connectivity index (χ0v) is 12.0. The van der Waals surface area contributed by atoms with Crippen LogP contribution >= 0.6 is 0 Å². The van der Waals surface area contributed by atoms with Gasteiger partial charge in [-0.1, -0.05) is 13.8 Å². The van der Waals surface area contributed by atoms with Crippen LogP contribution in [0.2, 0.25) is 0 Å². The predicted molar refractivity (Wildman–Crippen MR) is 75.9 cm³/mol. The smallest absolute Gasteiger partial charge is 0.170 e. The van der Waals surface area contributed by atoms with Crippen molar-refractivity contribution in [2.75, 3.05) is 7.11 Å². The van der Waals surface area contributed by atoms with E-state index in [1.807, 2.05) is 0 Å². The molecule has 0 radical (unpaired) electrons. The molecule has 0 unspecified atom stereocenters. The van der Waals surface area contributed by atoms with Crippen LogP contribution in [-0.2, 0) is 13.0 Å². The van der Waals surface area contributed by atoms with Gasteiger partial charge in [-0.15, -0.1) is 0 Å². The Bertz CT molecular complexity index is 573. The fourth-order valence-corrected chi connectivity index (χ4v) is 1.95. The van der Waals surface area contributed by atoms with E-state index in [2.05, 4.69) is 23.9 Å². The summed E-state index contributed by atoms with van der Waals surface area (Å²) in [6, 6.07) is 7.10. The minimum Gasteiger partial charge on any atom is -0.497 e. The average molecular weight is 273 g/mol. The molecule has 0 saturated heterocycles. The molecule has 106 valence electrons. The first-order valence-corrected chi connectivity index (χ1v) is 6.64. The lowest BCUT2D eigenvalue weighted by molar-refractivity contribution is 0.0989. The number of carbonyl (C=O) groups excluding carboxylic acids is 1. The van der Waals surface area contributed by atoms with Crippen LogP contribution in [0.25, 0.3) is 0 Å². The summed E-state index contributed by atoms with van der Waals surface area (Å²) in [5.74, 6) is 1.95. The van der Waals surface area contributed by atoms with Crippen LogP contribution in [0, 0.1) is 5.92 Å². The van der Waals surface area contributed by atoms with Gasteiger partial charge >= 0.3 is 0 Å². The summed E-state index contributed by atoms with van der Waals surface area (Å²) in [5, 5.41) is 4.16. The number of rotatable bonds is 6. The third-order valence-electron chi connectivity index (χ3n) is 2.96. The molecule has 1 heterocycles. The summed E-state index contributed by atoms with van der Waals surface area (Å²) in [4.78, 5) is 16.4. The minimum atomic E-state index is 0.0330. The van der Waals surface area contributed by atoms with Gasteiger partial charge in [-0.25, -0.2) is 9.67 Å². The zero-order valence-electron chi connectivity index (χ0n) is 12.0. The molecule has 0 fully saturated rings. The van der Waals surface area contributed by atoms with Crippen molar-refractivity contribution < 1.29 is 9.53 Å². The second-order valence-electron chi connectivity index (χ2n) is 5.08. The minimum absolute atomic E-state index is 0.0330. The fraction of sp³-hybridized carbons (Fsp3) is 0.400. The Labute approximate surface area is 118 Å². The first kappa shape index (κ1) is 14.2. The van der Waals surface area contributed by atoms with Gasteiger partial charge in [-0.05, 0) is 30.2 Å². The van der Waals surface area contributed by atoms with E-state index in [1.165, 1.54) is 6.33 Å². The quantitative estimate of drug-likeness (QED) is 0.758. The van der Waals surface area contributed by atoms with E-state index in [-0.39, 0.29) is 12.2 Å². The molecule has 0 amide bonds. The third kappa shape index (κ3) is 3.44. The molecule has 0 aliphatic rings. The summed E-state index contributed by atoms with van der Waals surface area (Å²) in [5.41, 5.74) is 0.657. The van der Waals surface area contributed by atoms with Gasteiger partial charge in [-0.2, -0.15) is 5.10 Å². The molecule has 0 saturated carbocycles. The molecular formula is C15H19N3O2. The van der Waals surface area contributed by atoms with E-state index >= 15 is 0 Å². The summed E-state index contributed by atoms with van der Waals surface area (Å²) >= 11 is 0. The Morgan fingerprint density at radius 3 is 2.60 bits per heavy atom. The van der Waals surface area contributed by atoms with Crippen LogP contribution in [0.4, 0.5) is 0 Å². The second-order valence-corrected chi connectivity index (χ2v) is 5.08. The molecule has 5 nitrogen and oxygen atoms in total. The van der Waals surface area contributed by atoms with Crippen molar-refractivity contribution in [3.05, 3.63) is 42.0 Å². The Balaban J connectivity index is 2.09. The molecule has 2 aromatic rings. The lowest BCUT2D eigenvalue weighted by atomic mass is 10.1. The van der Waals surface area contributed by atoms with E-state index in [1.54, 1.807) is 36.1 Å². The molecule has 1 aromatic carbocycles. The molecule has 0 aliphatic heterocycles. The van der Waals surface area contributed by atoms with E-state index in [0.29, 0.717) is 17.3 Å². The van der Waals surface area contributed by atoms with Gasteiger partial charge in [0.15, 0.2) is 5.78 Å². The van der Waals surface area contributed by atoms with Gasteiger partial charge in [0, 0.05) is 12.1 Å². The topological polar surface area (TPSA) is 57.0 Å². The first-order chi connectivity index (χ1) is 9.60. The highest BCUT2D eigenvalue weighted by atomic mass is 16.5. The van der Waals surface area contributed by atoms with E-state index < -0.39 is 0 Å². The largest absolute Gasteiger partial charge is 0.497 e. The number of carbonyl (C=O) groups is 1. The second kappa shape index (κ2) is 6.32. The van der Waals surface area contributed by atoms with Crippen LogP contribution in [0.3, 0.4) is 0 Å². The van der Waals surface area contributed by atoms with Gasteiger partial charge in [0.25, 0.3) is 0 Å². The Morgan fingerprint density at radius 2 is 2.00 bits per heavy atom. The number of hydrogen-bond acceptors (Lipinski definition) is 4. The van der Waals surface area contributed by atoms with Crippen molar-refractivity contribution in [2.24, 2.45) is 5.92 Å². The molecule has 0 atom stereocenters. The van der Waals surface area contributed by atoms with Gasteiger partial charge in [0.2, 0.25) is 0 Å². The summed E-state index contributed by atoms with van der Waals surface area (Å²) < 4.78 is 6.88. The molecule has 1 aromatic heterocycles. The maximum Gasteiger partial charge on any atom is 0.170 e. The molecule has 20 heavy (non-hydrogen) atoms. The molecular weight excluding hydrogens is 254 g/mol. The first-order valence-electron chi connectivity index (χ1n) is 6.64. The Hall–Kier alpha value is -2.17. The van der Waals surface area contributed by atoms with Crippen LogP contribution in [0.1, 0.15) is 30.0 Å². The van der Waals surface area contributed by atoms with Crippen molar-refractivity contribution in [1.29, 1.82) is 0 Å². The molecule has 2 rings (SSSR count). The highest BCUT2D eigenvalue weighted by Gasteiger charge is 2.13. The maximum absolute atomic E-state index is 12.2. The lowest BCUT2D eigenvalue weighted by Crippen LogP contribution is -2.14. The van der Waals surface area contributed by atoms with Crippen molar-refractivity contribution in [3.63, 3.8) is 0 Å². The highest BCUT2D eigenvalue weighted by Crippen LogP contribution is 2.13. The van der Waals surface area contributed by atoms with Crippen molar-refractivity contribution >= 4 is 5.78 Å². The molecule has 0 aliphatic carbocycles. The van der Waals surface area contributed by atoms with Crippen molar-refractivity contribution in [3.8, 4) is 5.75 Å². The van der Waals surface area contributed by atoms with E-state index in [0.717, 1.165) is 12.3 Å².